The number of aryl methyl sites for hydroxylation is 1. The molecule has 1 aromatic heterocycles. The molecule has 24 heavy (non-hydrogen) atoms. The molecule has 0 aliphatic heterocycles. The smallest absolute Gasteiger partial charge is 0.109 e. The Labute approximate surface area is 148 Å². The standard InChI is InChI=1S/C22H36N2/c1-3-5-6-19(4-2)21-23-15-20(24-21)7-8-22-12-16-9-17(13-22)11-18(10-16)14-22/h15-19H,3-14H2,1-2H3,(H,23,24). The molecule has 1 heterocycles. The molecule has 1 atom stereocenters. The van der Waals surface area contributed by atoms with Gasteiger partial charge in [-0.1, -0.05) is 26.7 Å². The molecule has 0 radical (unpaired) electrons. The Hall–Kier alpha value is -0.790. The lowest BCUT2D eigenvalue weighted by atomic mass is 9.48. The van der Waals surface area contributed by atoms with Gasteiger partial charge in [0.2, 0.25) is 0 Å². The van der Waals surface area contributed by atoms with Gasteiger partial charge in [-0.05, 0) is 87.4 Å². The van der Waals surface area contributed by atoms with Gasteiger partial charge >= 0.3 is 0 Å². The second-order valence-electron chi connectivity index (χ2n) is 9.46. The van der Waals surface area contributed by atoms with E-state index in [2.05, 4.69) is 25.0 Å². The van der Waals surface area contributed by atoms with Gasteiger partial charge in [-0.25, -0.2) is 4.98 Å². The molecule has 1 N–H and O–H groups in total. The van der Waals surface area contributed by atoms with Crippen LogP contribution in [0.15, 0.2) is 6.20 Å². The zero-order chi connectivity index (χ0) is 16.6. The molecule has 0 saturated heterocycles. The first-order valence-electron chi connectivity index (χ1n) is 10.7. The third kappa shape index (κ3) is 3.30. The van der Waals surface area contributed by atoms with Gasteiger partial charge in [-0.2, -0.15) is 0 Å². The number of hydrogen-bond acceptors (Lipinski definition) is 1. The average molecular weight is 329 g/mol. The lowest BCUT2D eigenvalue weighted by molar-refractivity contribution is -0.0570. The van der Waals surface area contributed by atoms with Crippen LogP contribution in [-0.2, 0) is 6.42 Å². The van der Waals surface area contributed by atoms with Crippen LogP contribution in [0.2, 0.25) is 0 Å². The number of hydrogen-bond donors (Lipinski definition) is 1. The van der Waals surface area contributed by atoms with Crippen LogP contribution in [0.1, 0.15) is 102 Å². The molecule has 4 aliphatic carbocycles. The number of aromatic nitrogens is 2. The molecule has 0 spiro atoms. The number of rotatable bonds is 8. The SMILES string of the molecule is CCCCC(CC)c1ncc(CCC23CC4CC(CC(C4)C2)C3)[nH]1. The summed E-state index contributed by atoms with van der Waals surface area (Å²) in [5.74, 6) is 5.12. The number of aromatic amines is 1. The molecule has 5 rings (SSSR count). The molecular formula is C22H36N2. The largest absolute Gasteiger partial charge is 0.346 e. The Bertz CT molecular complexity index is 509. The van der Waals surface area contributed by atoms with Crippen molar-refractivity contribution in [3.05, 3.63) is 17.7 Å². The highest BCUT2D eigenvalue weighted by Gasteiger charge is 2.50. The Morgan fingerprint density at radius 2 is 1.79 bits per heavy atom. The van der Waals surface area contributed by atoms with Gasteiger partial charge in [0.05, 0.1) is 0 Å². The van der Waals surface area contributed by atoms with Crippen molar-refractivity contribution < 1.29 is 0 Å². The summed E-state index contributed by atoms with van der Waals surface area (Å²) < 4.78 is 0. The highest BCUT2D eigenvalue weighted by Crippen LogP contribution is 2.61. The fourth-order valence-electron chi connectivity index (χ4n) is 6.69. The minimum atomic E-state index is 0.637. The van der Waals surface area contributed by atoms with Crippen molar-refractivity contribution in [3.63, 3.8) is 0 Å². The summed E-state index contributed by atoms with van der Waals surface area (Å²) >= 11 is 0. The molecule has 2 heteroatoms. The van der Waals surface area contributed by atoms with E-state index >= 15 is 0 Å². The van der Waals surface area contributed by atoms with E-state index in [-0.39, 0.29) is 0 Å². The van der Waals surface area contributed by atoms with Crippen molar-refractivity contribution in [1.82, 2.24) is 9.97 Å². The van der Waals surface area contributed by atoms with Crippen molar-refractivity contribution in [1.29, 1.82) is 0 Å². The summed E-state index contributed by atoms with van der Waals surface area (Å²) in [5.41, 5.74) is 2.10. The maximum Gasteiger partial charge on any atom is 0.109 e. The topological polar surface area (TPSA) is 28.7 Å². The van der Waals surface area contributed by atoms with E-state index in [9.17, 15) is 0 Å². The van der Waals surface area contributed by atoms with E-state index in [1.165, 1.54) is 69.3 Å². The third-order valence-electron chi connectivity index (χ3n) is 7.52. The zero-order valence-electron chi connectivity index (χ0n) is 15.8. The maximum absolute atomic E-state index is 4.75. The second-order valence-corrected chi connectivity index (χ2v) is 9.46. The number of H-pyrrole nitrogens is 1. The Balaban J connectivity index is 1.36. The lowest BCUT2D eigenvalue weighted by Gasteiger charge is -2.57. The first-order valence-corrected chi connectivity index (χ1v) is 10.7. The monoisotopic (exact) mass is 328 g/mol. The first-order chi connectivity index (χ1) is 11.7. The van der Waals surface area contributed by atoms with Crippen LogP contribution in [-0.4, -0.2) is 9.97 Å². The summed E-state index contributed by atoms with van der Waals surface area (Å²) in [5, 5.41) is 0. The molecule has 0 aromatic carbocycles. The summed E-state index contributed by atoms with van der Waals surface area (Å²) in [6.07, 6.45) is 19.2. The number of imidazole rings is 1. The van der Waals surface area contributed by atoms with E-state index in [1.54, 1.807) is 19.3 Å². The highest BCUT2D eigenvalue weighted by molar-refractivity contribution is 5.08. The van der Waals surface area contributed by atoms with Gasteiger partial charge in [0, 0.05) is 17.8 Å². The molecule has 4 aliphatic rings. The lowest BCUT2D eigenvalue weighted by Crippen LogP contribution is -2.46. The molecule has 0 amide bonds. The fourth-order valence-corrected chi connectivity index (χ4v) is 6.69. The quantitative estimate of drug-likeness (QED) is 0.601. The van der Waals surface area contributed by atoms with Crippen LogP contribution in [0.4, 0.5) is 0 Å². The van der Waals surface area contributed by atoms with E-state index in [4.69, 9.17) is 4.98 Å². The van der Waals surface area contributed by atoms with Gasteiger partial charge in [0.25, 0.3) is 0 Å². The second kappa shape index (κ2) is 6.84. The van der Waals surface area contributed by atoms with E-state index in [0.717, 1.165) is 17.8 Å². The molecule has 4 bridgehead atoms. The summed E-state index contributed by atoms with van der Waals surface area (Å²) in [4.78, 5) is 8.44. The van der Waals surface area contributed by atoms with Gasteiger partial charge in [-0.15, -0.1) is 0 Å². The molecule has 4 saturated carbocycles. The van der Waals surface area contributed by atoms with Gasteiger partial charge < -0.3 is 4.98 Å². The highest BCUT2D eigenvalue weighted by atomic mass is 14.9. The molecule has 2 nitrogen and oxygen atoms in total. The fraction of sp³-hybridized carbons (Fsp3) is 0.864. The maximum atomic E-state index is 4.75. The Morgan fingerprint density at radius 3 is 2.38 bits per heavy atom. The molecule has 1 unspecified atom stereocenters. The molecule has 134 valence electrons. The summed E-state index contributed by atoms with van der Waals surface area (Å²) in [6, 6.07) is 0. The Morgan fingerprint density at radius 1 is 1.12 bits per heavy atom. The molecular weight excluding hydrogens is 292 g/mol. The predicted octanol–water partition coefficient (Wildman–Crippen LogP) is 6.24. The van der Waals surface area contributed by atoms with Crippen LogP contribution in [0, 0.1) is 23.2 Å². The van der Waals surface area contributed by atoms with Gasteiger partial charge in [0.1, 0.15) is 5.82 Å². The minimum absolute atomic E-state index is 0.637. The van der Waals surface area contributed by atoms with Gasteiger partial charge in [-0.3, -0.25) is 0 Å². The third-order valence-corrected chi connectivity index (χ3v) is 7.52. The van der Waals surface area contributed by atoms with Crippen molar-refractivity contribution in [2.45, 2.75) is 96.8 Å². The summed E-state index contributed by atoms with van der Waals surface area (Å²) in [7, 11) is 0. The number of nitrogens with one attached hydrogen (secondary N) is 1. The predicted molar refractivity (Wildman–Crippen MR) is 100 cm³/mol. The van der Waals surface area contributed by atoms with Crippen LogP contribution < -0.4 is 0 Å². The van der Waals surface area contributed by atoms with Crippen molar-refractivity contribution >= 4 is 0 Å². The summed E-state index contributed by atoms with van der Waals surface area (Å²) in [6.45, 7) is 4.59. The van der Waals surface area contributed by atoms with Crippen molar-refractivity contribution in [3.8, 4) is 0 Å². The van der Waals surface area contributed by atoms with E-state index in [1.807, 2.05) is 0 Å². The van der Waals surface area contributed by atoms with E-state index < -0.39 is 0 Å². The van der Waals surface area contributed by atoms with Gasteiger partial charge in [0.15, 0.2) is 0 Å². The average Bonchev–Trinajstić information content (AvgIpc) is 3.02. The van der Waals surface area contributed by atoms with Crippen LogP contribution in [0.25, 0.3) is 0 Å². The number of unbranched alkanes of at least 4 members (excludes halogenated alkanes) is 1. The molecule has 4 fully saturated rings. The Kier molecular flexibility index (Phi) is 4.75. The van der Waals surface area contributed by atoms with Crippen molar-refractivity contribution in [2.75, 3.05) is 0 Å². The molecule has 1 aromatic rings. The zero-order valence-corrected chi connectivity index (χ0v) is 15.8. The first kappa shape index (κ1) is 16.7. The van der Waals surface area contributed by atoms with Crippen LogP contribution >= 0.6 is 0 Å². The van der Waals surface area contributed by atoms with Crippen LogP contribution in [0.5, 0.6) is 0 Å². The number of nitrogens with zero attached hydrogens (tertiary/aromatic N) is 1. The normalized spacial score (nSPS) is 35.5. The van der Waals surface area contributed by atoms with Crippen molar-refractivity contribution in [2.24, 2.45) is 23.2 Å². The van der Waals surface area contributed by atoms with E-state index in [0.29, 0.717) is 11.3 Å². The minimum Gasteiger partial charge on any atom is -0.346 e. The van der Waals surface area contributed by atoms with Crippen LogP contribution in [0.3, 0.4) is 0 Å².